The first-order chi connectivity index (χ1) is 11.2. The van der Waals surface area contributed by atoms with Crippen molar-refractivity contribution in [2.45, 2.75) is 31.6 Å². The maximum atomic E-state index is 10.7. The van der Waals surface area contributed by atoms with E-state index in [1.165, 1.54) is 18.6 Å². The van der Waals surface area contributed by atoms with E-state index < -0.39 is 4.92 Å². The summed E-state index contributed by atoms with van der Waals surface area (Å²) in [5.74, 6) is 0.246. The fourth-order valence-electron chi connectivity index (χ4n) is 2.82. The topological polar surface area (TPSA) is 80.4 Å². The summed E-state index contributed by atoms with van der Waals surface area (Å²) in [5, 5.41) is 15.2. The first kappa shape index (κ1) is 15.1. The molecule has 1 aromatic carbocycles. The zero-order valence-corrected chi connectivity index (χ0v) is 12.7. The molecule has 0 radical (unpaired) electrons. The van der Waals surface area contributed by atoms with Crippen LogP contribution in [0.5, 0.6) is 0 Å². The summed E-state index contributed by atoms with van der Waals surface area (Å²) in [6.07, 6.45) is 6.12. The van der Waals surface area contributed by atoms with E-state index in [9.17, 15) is 10.1 Å². The van der Waals surface area contributed by atoms with E-state index in [4.69, 9.17) is 0 Å². The molecule has 1 heterocycles. The number of hydrazone groups is 1. The quantitative estimate of drug-likeness (QED) is 0.680. The molecule has 1 saturated carbocycles. The van der Waals surface area contributed by atoms with Crippen LogP contribution in [0.1, 0.15) is 37.3 Å². The molecule has 0 bridgehead atoms. The van der Waals surface area contributed by atoms with Crippen LogP contribution in [0.25, 0.3) is 0 Å². The number of anilines is 1. The van der Waals surface area contributed by atoms with E-state index in [-0.39, 0.29) is 11.6 Å². The van der Waals surface area contributed by atoms with Crippen molar-refractivity contribution in [1.29, 1.82) is 0 Å². The molecule has 23 heavy (non-hydrogen) atoms. The van der Waals surface area contributed by atoms with Gasteiger partial charge in [0.05, 0.1) is 10.6 Å². The van der Waals surface area contributed by atoms with E-state index in [0.717, 1.165) is 36.4 Å². The highest BCUT2D eigenvalue weighted by Crippen LogP contribution is 2.29. The van der Waals surface area contributed by atoms with Gasteiger partial charge in [-0.25, -0.2) is 0 Å². The summed E-state index contributed by atoms with van der Waals surface area (Å²) in [6.45, 7) is 0. The largest absolute Gasteiger partial charge is 0.279 e. The summed E-state index contributed by atoms with van der Waals surface area (Å²) in [5.41, 5.74) is 5.98. The third-order valence-corrected chi connectivity index (χ3v) is 4.03. The SMILES string of the molecule is O=[N+]([O-])c1ccc(NN=C2CCCC[C@H]2c2ccccn2)cc1. The average molecular weight is 310 g/mol. The lowest BCUT2D eigenvalue weighted by atomic mass is 9.85. The fourth-order valence-corrected chi connectivity index (χ4v) is 2.82. The molecule has 3 rings (SSSR count). The van der Waals surface area contributed by atoms with Crippen LogP contribution in [0, 0.1) is 10.1 Å². The summed E-state index contributed by atoms with van der Waals surface area (Å²) < 4.78 is 0. The van der Waals surface area contributed by atoms with Gasteiger partial charge in [-0.1, -0.05) is 12.5 Å². The van der Waals surface area contributed by atoms with Gasteiger partial charge in [-0.15, -0.1) is 0 Å². The number of hydrogen-bond donors (Lipinski definition) is 1. The molecule has 1 N–H and O–H groups in total. The van der Waals surface area contributed by atoms with Crippen LogP contribution in [-0.2, 0) is 0 Å². The molecule has 1 atom stereocenters. The molecule has 0 unspecified atom stereocenters. The number of nitro groups is 1. The van der Waals surface area contributed by atoms with Crippen molar-refractivity contribution in [3.63, 3.8) is 0 Å². The second-order valence-corrected chi connectivity index (χ2v) is 5.57. The normalized spacial score (nSPS) is 19.5. The molecule has 0 spiro atoms. The number of nitro benzene ring substituents is 1. The smallest absolute Gasteiger partial charge is 0.269 e. The molecule has 0 aliphatic heterocycles. The van der Waals surface area contributed by atoms with Crippen molar-refractivity contribution in [2.24, 2.45) is 5.10 Å². The summed E-state index contributed by atoms with van der Waals surface area (Å²) in [6, 6.07) is 12.2. The number of aromatic nitrogens is 1. The predicted octanol–water partition coefficient (Wildman–Crippen LogP) is 4.12. The highest BCUT2D eigenvalue weighted by atomic mass is 16.6. The zero-order valence-electron chi connectivity index (χ0n) is 12.7. The number of hydrogen-bond acceptors (Lipinski definition) is 5. The lowest BCUT2D eigenvalue weighted by molar-refractivity contribution is -0.384. The van der Waals surface area contributed by atoms with Gasteiger partial charge in [0, 0.05) is 35.7 Å². The average Bonchev–Trinajstić information content (AvgIpc) is 2.61. The fraction of sp³-hybridized carbons (Fsp3) is 0.294. The van der Waals surface area contributed by atoms with Crippen molar-refractivity contribution in [2.75, 3.05) is 5.43 Å². The molecule has 1 aromatic heterocycles. The number of nitrogens with zero attached hydrogens (tertiary/aromatic N) is 3. The number of non-ortho nitro benzene ring substituents is 1. The van der Waals surface area contributed by atoms with Gasteiger partial charge < -0.3 is 0 Å². The molecule has 6 nitrogen and oxygen atoms in total. The summed E-state index contributed by atoms with van der Waals surface area (Å²) in [7, 11) is 0. The lowest BCUT2D eigenvalue weighted by Gasteiger charge is -2.23. The van der Waals surface area contributed by atoms with Crippen LogP contribution in [0.3, 0.4) is 0 Å². The Kier molecular flexibility index (Phi) is 4.61. The van der Waals surface area contributed by atoms with Gasteiger partial charge in [0.1, 0.15) is 0 Å². The number of nitrogens with one attached hydrogen (secondary N) is 1. The Morgan fingerprint density at radius 3 is 2.70 bits per heavy atom. The second kappa shape index (κ2) is 7.00. The first-order valence-corrected chi connectivity index (χ1v) is 7.72. The summed E-state index contributed by atoms with van der Waals surface area (Å²) in [4.78, 5) is 14.7. The van der Waals surface area contributed by atoms with Gasteiger partial charge in [0.15, 0.2) is 0 Å². The molecule has 1 aliphatic rings. The van der Waals surface area contributed by atoms with E-state index >= 15 is 0 Å². The second-order valence-electron chi connectivity index (χ2n) is 5.57. The molecule has 0 amide bonds. The van der Waals surface area contributed by atoms with Gasteiger partial charge in [-0.2, -0.15) is 5.10 Å². The molecule has 0 saturated heterocycles. The molecule has 6 heteroatoms. The van der Waals surface area contributed by atoms with Gasteiger partial charge in [-0.3, -0.25) is 20.5 Å². The van der Waals surface area contributed by atoms with Crippen molar-refractivity contribution >= 4 is 17.1 Å². The van der Waals surface area contributed by atoms with Crippen LogP contribution in [0.4, 0.5) is 11.4 Å². The van der Waals surface area contributed by atoms with Gasteiger partial charge in [0.25, 0.3) is 5.69 Å². The van der Waals surface area contributed by atoms with Crippen LogP contribution < -0.4 is 5.43 Å². The minimum absolute atomic E-state index is 0.0761. The molecule has 2 aromatic rings. The van der Waals surface area contributed by atoms with E-state index in [0.29, 0.717) is 0 Å². The Morgan fingerprint density at radius 2 is 2.00 bits per heavy atom. The van der Waals surface area contributed by atoms with Crippen molar-refractivity contribution in [3.05, 3.63) is 64.5 Å². The van der Waals surface area contributed by atoms with E-state index in [1.54, 1.807) is 12.1 Å². The molecular weight excluding hydrogens is 292 g/mol. The minimum Gasteiger partial charge on any atom is -0.279 e. The predicted molar refractivity (Wildman–Crippen MR) is 89.6 cm³/mol. The minimum atomic E-state index is -0.409. The Morgan fingerprint density at radius 1 is 1.17 bits per heavy atom. The van der Waals surface area contributed by atoms with Gasteiger partial charge in [0.2, 0.25) is 0 Å². The Labute approximate surface area is 134 Å². The van der Waals surface area contributed by atoms with Crippen molar-refractivity contribution in [3.8, 4) is 0 Å². The third-order valence-electron chi connectivity index (χ3n) is 4.03. The van der Waals surface area contributed by atoms with E-state index in [1.807, 2.05) is 24.4 Å². The third kappa shape index (κ3) is 3.71. The first-order valence-electron chi connectivity index (χ1n) is 7.72. The maximum Gasteiger partial charge on any atom is 0.269 e. The van der Waals surface area contributed by atoms with Crippen molar-refractivity contribution in [1.82, 2.24) is 4.98 Å². The highest BCUT2D eigenvalue weighted by Gasteiger charge is 2.23. The number of benzene rings is 1. The van der Waals surface area contributed by atoms with Crippen LogP contribution in [-0.4, -0.2) is 15.6 Å². The van der Waals surface area contributed by atoms with Crippen LogP contribution >= 0.6 is 0 Å². The Bertz CT molecular complexity index is 698. The number of pyridine rings is 1. The van der Waals surface area contributed by atoms with E-state index in [2.05, 4.69) is 15.5 Å². The summed E-state index contributed by atoms with van der Waals surface area (Å²) >= 11 is 0. The zero-order chi connectivity index (χ0) is 16.1. The Hall–Kier alpha value is -2.76. The lowest BCUT2D eigenvalue weighted by Crippen LogP contribution is -2.19. The monoisotopic (exact) mass is 310 g/mol. The molecule has 1 aliphatic carbocycles. The maximum absolute atomic E-state index is 10.7. The van der Waals surface area contributed by atoms with Crippen LogP contribution in [0.15, 0.2) is 53.8 Å². The highest BCUT2D eigenvalue weighted by molar-refractivity contribution is 5.91. The van der Waals surface area contributed by atoms with Crippen molar-refractivity contribution < 1.29 is 4.92 Å². The molecular formula is C17H18N4O2. The van der Waals surface area contributed by atoms with Gasteiger partial charge >= 0.3 is 0 Å². The molecule has 1 fully saturated rings. The Balaban J connectivity index is 1.75. The standard InChI is InChI=1S/C17H18N4O2/c22-21(23)14-10-8-13(9-11-14)19-20-17-7-2-1-5-15(17)16-6-3-4-12-18-16/h3-4,6,8-12,15,19H,1-2,5,7H2/t15-/m0/s1. The van der Waals surface area contributed by atoms with Gasteiger partial charge in [-0.05, 0) is 43.5 Å². The molecule has 118 valence electrons. The number of rotatable bonds is 4. The van der Waals surface area contributed by atoms with Crippen LogP contribution in [0.2, 0.25) is 0 Å².